The number of aliphatic carboxylic acids is 1. The number of hydrogen-bond donors (Lipinski definition) is 2. The molecule has 0 bridgehead atoms. The quantitative estimate of drug-likeness (QED) is 0.0793. The number of hydrogen-bond acceptors (Lipinski definition) is 2. The van der Waals surface area contributed by atoms with E-state index in [1.165, 1.54) is 173 Å². The third-order valence-corrected chi connectivity index (χ3v) is 8.02. The molecule has 0 aliphatic rings. The van der Waals surface area contributed by atoms with Crippen molar-refractivity contribution >= 4 is 11.9 Å². The second kappa shape index (κ2) is 37.9. The number of unbranched alkanes of at least 4 members (excludes halogenated alkanes) is 28. The maximum absolute atomic E-state index is 10.6. The molecule has 4 heteroatoms. The van der Waals surface area contributed by atoms with Crippen LogP contribution in [-0.4, -0.2) is 17.0 Å². The molecule has 0 aromatic carbocycles. The Morgan fingerprint density at radius 3 is 0.775 bits per heavy atom. The zero-order chi connectivity index (χ0) is 29.8. The molecule has 0 radical (unpaired) electrons. The average Bonchev–Trinajstić information content (AvgIpc) is 2.93. The van der Waals surface area contributed by atoms with Crippen LogP contribution < -0.4 is 5.73 Å². The van der Waals surface area contributed by atoms with Gasteiger partial charge in [0, 0.05) is 12.8 Å². The van der Waals surface area contributed by atoms with E-state index in [0.717, 1.165) is 19.3 Å². The number of rotatable bonds is 32. The molecular weight excluding hydrogens is 494 g/mol. The fourth-order valence-corrected chi connectivity index (χ4v) is 5.32. The van der Waals surface area contributed by atoms with Gasteiger partial charge in [-0.25, -0.2) is 0 Å². The molecule has 0 aromatic heterocycles. The summed E-state index contributed by atoms with van der Waals surface area (Å²) in [5.74, 6) is -0.806. The van der Waals surface area contributed by atoms with Crippen molar-refractivity contribution in [2.45, 2.75) is 219 Å². The molecule has 0 fully saturated rings. The normalized spacial score (nSPS) is 10.8. The van der Waals surface area contributed by atoms with Gasteiger partial charge in [-0.05, 0) is 12.8 Å². The number of nitrogens with two attached hydrogens (primary N) is 1. The van der Waals surface area contributed by atoms with E-state index in [0.29, 0.717) is 12.8 Å². The van der Waals surface area contributed by atoms with Gasteiger partial charge in [0.15, 0.2) is 0 Å². The van der Waals surface area contributed by atoms with Crippen molar-refractivity contribution in [1.82, 2.24) is 0 Å². The molecule has 0 aliphatic heterocycles. The Balaban J connectivity index is 0. The number of carboxylic acid groups (broad SMARTS) is 1. The van der Waals surface area contributed by atoms with E-state index in [9.17, 15) is 9.59 Å². The smallest absolute Gasteiger partial charge is 0.303 e. The van der Waals surface area contributed by atoms with E-state index in [4.69, 9.17) is 10.8 Å². The van der Waals surface area contributed by atoms with E-state index in [2.05, 4.69) is 13.8 Å². The molecule has 40 heavy (non-hydrogen) atoms. The van der Waals surface area contributed by atoms with Crippen molar-refractivity contribution in [3.63, 3.8) is 0 Å². The van der Waals surface area contributed by atoms with Gasteiger partial charge in [0.2, 0.25) is 5.91 Å². The van der Waals surface area contributed by atoms with Crippen LogP contribution in [-0.2, 0) is 9.59 Å². The number of carboxylic acids is 1. The summed E-state index contributed by atoms with van der Waals surface area (Å²) < 4.78 is 0. The van der Waals surface area contributed by atoms with Gasteiger partial charge in [-0.1, -0.05) is 194 Å². The van der Waals surface area contributed by atoms with Gasteiger partial charge in [0.1, 0.15) is 0 Å². The van der Waals surface area contributed by atoms with Crippen LogP contribution in [0, 0.1) is 0 Å². The van der Waals surface area contributed by atoms with Crippen molar-refractivity contribution in [3.8, 4) is 0 Å². The van der Waals surface area contributed by atoms with Crippen LogP contribution in [0.4, 0.5) is 0 Å². The Kier molecular flexibility index (Phi) is 39.0. The van der Waals surface area contributed by atoms with Gasteiger partial charge in [-0.15, -0.1) is 0 Å². The first-order valence-corrected chi connectivity index (χ1v) is 18.0. The lowest BCUT2D eigenvalue weighted by Crippen LogP contribution is -2.09. The Morgan fingerprint density at radius 1 is 0.375 bits per heavy atom. The van der Waals surface area contributed by atoms with Crippen LogP contribution >= 0.6 is 0 Å². The highest BCUT2D eigenvalue weighted by atomic mass is 16.4. The fourth-order valence-electron chi connectivity index (χ4n) is 5.32. The van der Waals surface area contributed by atoms with Gasteiger partial charge in [-0.2, -0.15) is 0 Å². The number of primary amides is 1. The summed E-state index contributed by atoms with van der Waals surface area (Å²) in [6.07, 6.45) is 41.1. The van der Waals surface area contributed by atoms with E-state index in [-0.39, 0.29) is 5.91 Å². The molecule has 0 aromatic rings. The highest BCUT2D eigenvalue weighted by molar-refractivity contribution is 5.73. The summed E-state index contributed by atoms with van der Waals surface area (Å²) in [5.41, 5.74) is 5.11. The third-order valence-electron chi connectivity index (χ3n) is 8.02. The van der Waals surface area contributed by atoms with Crippen molar-refractivity contribution < 1.29 is 14.7 Å². The van der Waals surface area contributed by atoms with E-state index < -0.39 is 5.97 Å². The predicted molar refractivity (Wildman–Crippen MR) is 176 cm³/mol. The Bertz CT molecular complexity index is 450. The summed E-state index contributed by atoms with van der Waals surface area (Å²) in [6.45, 7) is 4.55. The Morgan fingerprint density at radius 2 is 0.575 bits per heavy atom. The molecular formula is C36H73NO3. The van der Waals surface area contributed by atoms with Gasteiger partial charge in [0.05, 0.1) is 0 Å². The number of carbonyl (C=O) groups is 2. The second-order valence-electron chi connectivity index (χ2n) is 12.3. The minimum Gasteiger partial charge on any atom is -0.481 e. The molecule has 1 amide bonds. The number of amides is 1. The lowest BCUT2D eigenvalue weighted by Gasteiger charge is -2.03. The first kappa shape index (κ1) is 41.1. The molecule has 0 unspecified atom stereocenters. The molecule has 240 valence electrons. The SMILES string of the molecule is CCCCCCCCCCCCCCCCCC(=O)O.CCCCCCCCCCCCCCCCCC(N)=O. The van der Waals surface area contributed by atoms with Crippen molar-refractivity contribution in [1.29, 1.82) is 0 Å². The second-order valence-corrected chi connectivity index (χ2v) is 12.3. The van der Waals surface area contributed by atoms with E-state index in [1.54, 1.807) is 0 Å². The zero-order valence-electron chi connectivity index (χ0n) is 27.5. The monoisotopic (exact) mass is 568 g/mol. The van der Waals surface area contributed by atoms with Gasteiger partial charge in [-0.3, -0.25) is 9.59 Å². The summed E-state index contributed by atoms with van der Waals surface area (Å²) in [6, 6.07) is 0. The van der Waals surface area contributed by atoms with Crippen molar-refractivity contribution in [3.05, 3.63) is 0 Å². The molecule has 4 nitrogen and oxygen atoms in total. The van der Waals surface area contributed by atoms with Crippen LogP contribution in [0.5, 0.6) is 0 Å². The third kappa shape index (κ3) is 44.0. The van der Waals surface area contributed by atoms with E-state index >= 15 is 0 Å². The standard InChI is InChI=1S/C18H37NO.C18H36O2/c2*1-2-3-4-5-6-7-8-9-10-11-12-13-14-15-16-17-18(19)20/h2-17H2,1H3,(H2,19,20);2-17H2,1H3,(H,19,20). The molecule has 0 rings (SSSR count). The van der Waals surface area contributed by atoms with Gasteiger partial charge >= 0.3 is 5.97 Å². The van der Waals surface area contributed by atoms with Crippen LogP contribution in [0.1, 0.15) is 219 Å². The van der Waals surface area contributed by atoms with Gasteiger partial charge in [0.25, 0.3) is 0 Å². The topological polar surface area (TPSA) is 80.4 Å². The lowest BCUT2D eigenvalue weighted by molar-refractivity contribution is -0.137. The highest BCUT2D eigenvalue weighted by Crippen LogP contribution is 2.15. The average molecular weight is 568 g/mol. The van der Waals surface area contributed by atoms with Crippen LogP contribution in [0.15, 0.2) is 0 Å². The van der Waals surface area contributed by atoms with Crippen LogP contribution in [0.2, 0.25) is 0 Å². The molecule has 0 saturated carbocycles. The summed E-state index contributed by atoms with van der Waals surface area (Å²) in [4.78, 5) is 20.9. The molecule has 0 spiro atoms. The maximum atomic E-state index is 10.6. The largest absolute Gasteiger partial charge is 0.481 e. The van der Waals surface area contributed by atoms with Crippen molar-refractivity contribution in [2.24, 2.45) is 5.73 Å². The van der Waals surface area contributed by atoms with Crippen molar-refractivity contribution in [2.75, 3.05) is 0 Å². The minimum atomic E-state index is -0.653. The molecule has 0 aliphatic carbocycles. The Labute approximate surface area is 251 Å². The summed E-state index contributed by atoms with van der Waals surface area (Å²) >= 11 is 0. The summed E-state index contributed by atoms with van der Waals surface area (Å²) in [7, 11) is 0. The molecule has 0 atom stereocenters. The fraction of sp³-hybridized carbons (Fsp3) is 0.944. The lowest BCUT2D eigenvalue weighted by atomic mass is 10.0. The van der Waals surface area contributed by atoms with Gasteiger partial charge < -0.3 is 10.8 Å². The Hall–Kier alpha value is -1.06. The van der Waals surface area contributed by atoms with Crippen LogP contribution in [0.3, 0.4) is 0 Å². The highest BCUT2D eigenvalue weighted by Gasteiger charge is 1.98. The predicted octanol–water partition coefficient (Wildman–Crippen LogP) is 12.1. The summed E-state index contributed by atoms with van der Waals surface area (Å²) in [5, 5.41) is 8.52. The maximum Gasteiger partial charge on any atom is 0.303 e. The first-order valence-electron chi connectivity index (χ1n) is 18.0. The minimum absolute atomic E-state index is 0.153. The van der Waals surface area contributed by atoms with Crippen LogP contribution in [0.25, 0.3) is 0 Å². The molecule has 0 saturated heterocycles. The van der Waals surface area contributed by atoms with E-state index in [1.807, 2.05) is 0 Å². The molecule has 3 N–H and O–H groups in total. The number of carbonyl (C=O) groups excluding carboxylic acids is 1. The zero-order valence-corrected chi connectivity index (χ0v) is 27.5. The first-order chi connectivity index (χ1) is 19.5. The molecule has 0 heterocycles.